The van der Waals surface area contributed by atoms with Gasteiger partial charge in [-0.2, -0.15) is 4.98 Å². The molecule has 0 radical (unpaired) electrons. The normalized spacial score (nSPS) is 14.3. The van der Waals surface area contributed by atoms with Crippen molar-refractivity contribution in [2.45, 2.75) is 51.4 Å². The maximum Gasteiger partial charge on any atom is 0.222 e. The van der Waals surface area contributed by atoms with Crippen molar-refractivity contribution in [2.75, 3.05) is 25.7 Å². The lowest BCUT2D eigenvalue weighted by Gasteiger charge is -2.28. The fourth-order valence-electron chi connectivity index (χ4n) is 3.56. The van der Waals surface area contributed by atoms with E-state index in [1.165, 1.54) is 12.0 Å². The number of anilines is 2. The van der Waals surface area contributed by atoms with E-state index in [9.17, 15) is 0 Å². The molecule has 0 amide bonds. The van der Waals surface area contributed by atoms with Gasteiger partial charge in [-0.25, -0.2) is 4.98 Å². The quantitative estimate of drug-likeness (QED) is 0.820. The molecular weight excluding hydrogens is 328 g/mol. The fraction of sp³-hybridized carbons (Fsp3) is 0.500. The van der Waals surface area contributed by atoms with Gasteiger partial charge in [-0.1, -0.05) is 20.3 Å². The lowest BCUT2D eigenvalue weighted by atomic mass is 9.80. The van der Waals surface area contributed by atoms with Crippen LogP contribution in [0.4, 0.5) is 11.8 Å². The molecule has 1 aromatic heterocycles. The summed E-state index contributed by atoms with van der Waals surface area (Å²) < 4.78 is 11.0. The van der Waals surface area contributed by atoms with Crippen LogP contribution in [0.5, 0.6) is 11.5 Å². The molecule has 0 atom stereocenters. The smallest absolute Gasteiger partial charge is 0.222 e. The zero-order valence-electron chi connectivity index (χ0n) is 16.0. The predicted molar refractivity (Wildman–Crippen MR) is 104 cm³/mol. The minimum Gasteiger partial charge on any atom is -0.493 e. The Kier molecular flexibility index (Phi) is 5.20. The minimum absolute atomic E-state index is 0.254. The molecule has 3 rings (SSSR count). The number of aromatic nitrogens is 2. The van der Waals surface area contributed by atoms with Crippen molar-refractivity contribution >= 4 is 11.8 Å². The molecule has 0 unspecified atom stereocenters. The fourth-order valence-corrected chi connectivity index (χ4v) is 3.56. The molecule has 6 nitrogen and oxygen atoms in total. The Hall–Kier alpha value is -2.50. The van der Waals surface area contributed by atoms with Gasteiger partial charge in [0.25, 0.3) is 0 Å². The minimum atomic E-state index is 0.254. The van der Waals surface area contributed by atoms with Gasteiger partial charge in [0.15, 0.2) is 11.5 Å². The Morgan fingerprint density at radius 2 is 1.73 bits per heavy atom. The molecule has 0 spiro atoms. The number of hydrogen-bond donors (Lipinski definition) is 2. The number of nitrogens with zero attached hydrogens (tertiary/aromatic N) is 2. The molecule has 1 aromatic carbocycles. The Labute approximate surface area is 154 Å². The van der Waals surface area contributed by atoms with E-state index >= 15 is 0 Å². The van der Waals surface area contributed by atoms with Gasteiger partial charge in [-0.3, -0.25) is 0 Å². The molecule has 1 aliphatic carbocycles. The Morgan fingerprint density at radius 1 is 1.08 bits per heavy atom. The molecule has 1 aliphatic rings. The lowest BCUT2D eigenvalue weighted by Crippen LogP contribution is -2.18. The first kappa shape index (κ1) is 18.3. The molecule has 2 aromatic rings. The lowest BCUT2D eigenvalue weighted by molar-refractivity contribution is 0.354. The van der Waals surface area contributed by atoms with Crippen molar-refractivity contribution in [3.8, 4) is 11.5 Å². The van der Waals surface area contributed by atoms with Crippen LogP contribution < -0.4 is 20.9 Å². The molecule has 140 valence electrons. The predicted octanol–water partition coefficient (Wildman–Crippen LogP) is 3.64. The second-order valence-electron chi connectivity index (χ2n) is 7.20. The zero-order chi connectivity index (χ0) is 18.8. The van der Waals surface area contributed by atoms with Gasteiger partial charge in [0, 0.05) is 17.9 Å². The highest BCUT2D eigenvalue weighted by Crippen LogP contribution is 2.40. The van der Waals surface area contributed by atoms with E-state index in [2.05, 4.69) is 29.9 Å². The van der Waals surface area contributed by atoms with E-state index in [1.54, 1.807) is 14.2 Å². The molecule has 0 aliphatic heterocycles. The van der Waals surface area contributed by atoms with Crippen LogP contribution in [0.25, 0.3) is 0 Å². The Balaban J connectivity index is 2.08. The van der Waals surface area contributed by atoms with Gasteiger partial charge in [0.1, 0.15) is 5.82 Å². The molecule has 26 heavy (non-hydrogen) atoms. The topological polar surface area (TPSA) is 96.3 Å². The molecule has 6 heteroatoms. The van der Waals surface area contributed by atoms with Crippen LogP contribution in [0.2, 0.25) is 0 Å². The van der Waals surface area contributed by atoms with Gasteiger partial charge in [-0.05, 0) is 42.0 Å². The monoisotopic (exact) mass is 356 g/mol. The largest absolute Gasteiger partial charge is 0.493 e. The Bertz CT molecular complexity index is 801. The molecule has 1 fully saturated rings. The highest BCUT2D eigenvalue weighted by molar-refractivity contribution is 5.54. The van der Waals surface area contributed by atoms with Crippen LogP contribution in [-0.4, -0.2) is 24.2 Å². The summed E-state index contributed by atoms with van der Waals surface area (Å²) in [5.41, 5.74) is 16.5. The molecule has 1 heterocycles. The van der Waals surface area contributed by atoms with E-state index in [4.69, 9.17) is 20.9 Å². The first-order chi connectivity index (χ1) is 12.4. The van der Waals surface area contributed by atoms with Crippen molar-refractivity contribution < 1.29 is 9.47 Å². The molecule has 0 saturated heterocycles. The molecular formula is C20H28N4O2. The van der Waals surface area contributed by atoms with E-state index in [0.29, 0.717) is 29.8 Å². The van der Waals surface area contributed by atoms with Gasteiger partial charge < -0.3 is 20.9 Å². The number of ether oxygens (including phenoxy) is 2. The van der Waals surface area contributed by atoms with Gasteiger partial charge in [0.2, 0.25) is 5.95 Å². The second-order valence-corrected chi connectivity index (χ2v) is 7.20. The van der Waals surface area contributed by atoms with Crippen molar-refractivity contribution in [1.82, 2.24) is 9.97 Å². The number of nitrogens with two attached hydrogens (primary N) is 2. The standard InChI is InChI=1S/C20H28N4O2/c1-11(2)14-10-17(26-4)16(25-3)9-13(14)8-15-18(12-6-5-7-12)23-20(22)24-19(15)21/h9-12H,5-8H2,1-4H3,(H4,21,22,23,24). The highest BCUT2D eigenvalue weighted by atomic mass is 16.5. The van der Waals surface area contributed by atoms with E-state index in [1.807, 2.05) is 6.07 Å². The number of methoxy groups -OCH3 is 2. The third-order valence-corrected chi connectivity index (χ3v) is 5.21. The average Bonchev–Trinajstić information content (AvgIpc) is 2.55. The summed E-state index contributed by atoms with van der Waals surface area (Å²) in [6, 6.07) is 4.09. The van der Waals surface area contributed by atoms with Crippen LogP contribution in [-0.2, 0) is 6.42 Å². The van der Waals surface area contributed by atoms with Crippen LogP contribution in [0.15, 0.2) is 12.1 Å². The third-order valence-electron chi connectivity index (χ3n) is 5.21. The average molecular weight is 356 g/mol. The van der Waals surface area contributed by atoms with Gasteiger partial charge >= 0.3 is 0 Å². The second kappa shape index (κ2) is 7.40. The maximum atomic E-state index is 6.25. The SMILES string of the molecule is COc1cc(Cc2c(N)nc(N)nc2C2CCC2)c(C(C)C)cc1OC. The maximum absolute atomic E-state index is 6.25. The van der Waals surface area contributed by atoms with E-state index in [0.717, 1.165) is 35.4 Å². The molecule has 1 saturated carbocycles. The van der Waals surface area contributed by atoms with Crippen molar-refractivity contribution in [1.29, 1.82) is 0 Å². The van der Waals surface area contributed by atoms with E-state index in [-0.39, 0.29) is 5.95 Å². The number of hydrogen-bond acceptors (Lipinski definition) is 6. The Morgan fingerprint density at radius 3 is 2.27 bits per heavy atom. The van der Waals surface area contributed by atoms with Crippen molar-refractivity contribution in [2.24, 2.45) is 0 Å². The first-order valence-corrected chi connectivity index (χ1v) is 9.11. The summed E-state index contributed by atoms with van der Waals surface area (Å²) in [5, 5.41) is 0. The third kappa shape index (κ3) is 3.41. The molecule has 0 bridgehead atoms. The van der Waals surface area contributed by atoms with Crippen LogP contribution in [0.1, 0.15) is 67.3 Å². The summed E-state index contributed by atoms with van der Waals surface area (Å²) in [4.78, 5) is 8.74. The summed E-state index contributed by atoms with van der Waals surface area (Å²) in [6.07, 6.45) is 4.14. The van der Waals surface area contributed by atoms with E-state index < -0.39 is 0 Å². The summed E-state index contributed by atoms with van der Waals surface area (Å²) in [5.74, 6) is 2.95. The highest BCUT2D eigenvalue weighted by Gasteiger charge is 2.27. The van der Waals surface area contributed by atoms with Crippen LogP contribution in [0, 0.1) is 0 Å². The summed E-state index contributed by atoms with van der Waals surface area (Å²) in [7, 11) is 3.30. The number of nitrogen functional groups attached to an aromatic ring is 2. The summed E-state index contributed by atoms with van der Waals surface area (Å²) >= 11 is 0. The first-order valence-electron chi connectivity index (χ1n) is 9.11. The van der Waals surface area contributed by atoms with Crippen molar-refractivity contribution in [3.63, 3.8) is 0 Å². The van der Waals surface area contributed by atoms with Gasteiger partial charge in [-0.15, -0.1) is 0 Å². The zero-order valence-corrected chi connectivity index (χ0v) is 16.0. The van der Waals surface area contributed by atoms with Crippen molar-refractivity contribution in [3.05, 3.63) is 34.5 Å². The van der Waals surface area contributed by atoms with Gasteiger partial charge in [0.05, 0.1) is 19.9 Å². The number of rotatable bonds is 6. The van der Waals surface area contributed by atoms with Crippen LogP contribution in [0.3, 0.4) is 0 Å². The molecule has 4 N–H and O–H groups in total. The summed E-state index contributed by atoms with van der Waals surface area (Å²) in [6.45, 7) is 4.33. The number of benzene rings is 1. The van der Waals surface area contributed by atoms with Crippen LogP contribution >= 0.6 is 0 Å².